The Morgan fingerprint density at radius 1 is 1.07 bits per heavy atom. The second-order valence-electron chi connectivity index (χ2n) is 6.78. The number of benzene rings is 2. The molecule has 0 radical (unpaired) electrons. The first-order valence-corrected chi connectivity index (χ1v) is 9.00. The van der Waals surface area contributed by atoms with E-state index >= 15 is 0 Å². The quantitative estimate of drug-likeness (QED) is 0.451. The monoisotopic (exact) mass is 379 g/mol. The van der Waals surface area contributed by atoms with Crippen molar-refractivity contribution in [3.05, 3.63) is 69.3 Å². The van der Waals surface area contributed by atoms with E-state index in [1.54, 1.807) is 35.2 Å². The molecule has 0 unspecified atom stereocenters. The van der Waals surface area contributed by atoms with E-state index in [0.29, 0.717) is 36.2 Å². The molecule has 0 fully saturated rings. The van der Waals surface area contributed by atoms with Crippen molar-refractivity contribution < 1.29 is 19.3 Å². The summed E-state index contributed by atoms with van der Waals surface area (Å²) in [6, 6.07) is 11.2. The van der Waals surface area contributed by atoms with Gasteiger partial charge in [0.15, 0.2) is 0 Å². The van der Waals surface area contributed by atoms with Gasteiger partial charge in [0, 0.05) is 31.6 Å². The molecule has 0 atom stereocenters. The molecule has 0 aromatic heterocycles. The lowest BCUT2D eigenvalue weighted by atomic mass is 10.1. The molecule has 3 amide bonds. The molecule has 142 valence electrons. The van der Waals surface area contributed by atoms with Crippen LogP contribution in [0.15, 0.2) is 42.5 Å². The van der Waals surface area contributed by atoms with E-state index in [1.165, 1.54) is 17.0 Å². The van der Waals surface area contributed by atoms with Gasteiger partial charge in [-0.2, -0.15) is 0 Å². The molecule has 0 saturated carbocycles. The van der Waals surface area contributed by atoms with Gasteiger partial charge in [0.05, 0.1) is 21.7 Å². The minimum Gasteiger partial charge on any atom is -0.312 e. The van der Waals surface area contributed by atoms with Crippen LogP contribution >= 0.6 is 0 Å². The number of imide groups is 1. The topological polar surface area (TPSA) is 101 Å². The number of non-ortho nitro benzene ring substituents is 1. The van der Waals surface area contributed by atoms with E-state index < -0.39 is 4.92 Å². The standard InChI is InChI=1S/C20H17N3O5/c24-18(21-11-9-13-7-8-14(23(27)28)12-17(13)21)6-3-10-22-19(25)15-4-1-2-5-16(15)20(22)26/h1-2,4-5,7-8,12H,3,6,9-11H2. The van der Waals surface area contributed by atoms with Gasteiger partial charge >= 0.3 is 0 Å². The Balaban J connectivity index is 1.39. The van der Waals surface area contributed by atoms with Crippen LogP contribution in [0.25, 0.3) is 0 Å². The highest BCUT2D eigenvalue weighted by atomic mass is 16.6. The van der Waals surface area contributed by atoms with E-state index in [9.17, 15) is 24.5 Å². The zero-order valence-corrected chi connectivity index (χ0v) is 15.0. The van der Waals surface area contributed by atoms with Crippen molar-refractivity contribution in [3.63, 3.8) is 0 Å². The molecule has 0 bridgehead atoms. The Morgan fingerprint density at radius 2 is 1.75 bits per heavy atom. The summed E-state index contributed by atoms with van der Waals surface area (Å²) in [5.74, 6) is -0.846. The smallest absolute Gasteiger partial charge is 0.271 e. The van der Waals surface area contributed by atoms with Crippen molar-refractivity contribution in [2.24, 2.45) is 0 Å². The van der Waals surface area contributed by atoms with Gasteiger partial charge in [-0.25, -0.2) is 0 Å². The van der Waals surface area contributed by atoms with E-state index in [2.05, 4.69) is 0 Å². The van der Waals surface area contributed by atoms with Crippen LogP contribution in [0.1, 0.15) is 39.1 Å². The molecule has 2 aliphatic heterocycles. The third kappa shape index (κ3) is 2.92. The lowest BCUT2D eigenvalue weighted by Crippen LogP contribution is -2.33. The Bertz CT molecular complexity index is 982. The fourth-order valence-electron chi connectivity index (χ4n) is 3.71. The Hall–Kier alpha value is -3.55. The molecule has 28 heavy (non-hydrogen) atoms. The maximum absolute atomic E-state index is 12.6. The normalized spacial score (nSPS) is 15.0. The second kappa shape index (κ2) is 6.88. The SMILES string of the molecule is O=C1c2ccccc2C(=O)N1CCCC(=O)N1CCc2ccc([N+](=O)[O-])cc21. The van der Waals surface area contributed by atoms with Crippen LogP contribution in [0, 0.1) is 10.1 Å². The predicted molar refractivity (Wildman–Crippen MR) is 100 cm³/mol. The number of nitro benzene ring substituents is 1. The molecule has 8 heteroatoms. The largest absolute Gasteiger partial charge is 0.312 e. The van der Waals surface area contributed by atoms with Gasteiger partial charge in [-0.05, 0) is 30.5 Å². The molecule has 0 aliphatic carbocycles. The highest BCUT2D eigenvalue weighted by Gasteiger charge is 2.35. The molecule has 4 rings (SSSR count). The van der Waals surface area contributed by atoms with Crippen molar-refractivity contribution >= 4 is 29.1 Å². The second-order valence-corrected chi connectivity index (χ2v) is 6.78. The van der Waals surface area contributed by atoms with Gasteiger partial charge in [-0.1, -0.05) is 18.2 Å². The van der Waals surface area contributed by atoms with Crippen molar-refractivity contribution in [1.82, 2.24) is 4.90 Å². The Labute approximate surface area is 160 Å². The van der Waals surface area contributed by atoms with E-state index in [-0.39, 0.29) is 36.4 Å². The number of amides is 3. The number of carbonyl (C=O) groups excluding carboxylic acids is 3. The van der Waals surface area contributed by atoms with Crippen LogP contribution in [0.2, 0.25) is 0 Å². The molecule has 2 aromatic carbocycles. The molecule has 2 aromatic rings. The molecular weight excluding hydrogens is 362 g/mol. The number of hydrogen-bond acceptors (Lipinski definition) is 5. The number of nitro groups is 1. The maximum atomic E-state index is 12.6. The summed E-state index contributed by atoms with van der Waals surface area (Å²) in [7, 11) is 0. The summed E-state index contributed by atoms with van der Waals surface area (Å²) in [6.45, 7) is 0.635. The third-order valence-corrected chi connectivity index (χ3v) is 5.13. The number of carbonyl (C=O) groups is 3. The number of hydrogen-bond donors (Lipinski definition) is 0. The van der Waals surface area contributed by atoms with Gasteiger partial charge in [0.1, 0.15) is 0 Å². The predicted octanol–water partition coefficient (Wildman–Crippen LogP) is 2.56. The molecule has 8 nitrogen and oxygen atoms in total. The lowest BCUT2D eigenvalue weighted by Gasteiger charge is -2.18. The first-order valence-electron chi connectivity index (χ1n) is 9.00. The van der Waals surface area contributed by atoms with E-state index in [4.69, 9.17) is 0 Å². The summed E-state index contributed by atoms with van der Waals surface area (Å²) >= 11 is 0. The first kappa shape index (κ1) is 17.8. The van der Waals surface area contributed by atoms with E-state index in [1.807, 2.05) is 0 Å². The summed E-state index contributed by atoms with van der Waals surface area (Å²) in [6.07, 6.45) is 1.14. The van der Waals surface area contributed by atoms with Crippen molar-refractivity contribution in [2.45, 2.75) is 19.3 Å². The van der Waals surface area contributed by atoms with Gasteiger partial charge in [-0.3, -0.25) is 29.4 Å². The number of fused-ring (bicyclic) bond motifs is 2. The molecule has 0 saturated heterocycles. The minimum absolute atomic E-state index is 0.0514. The zero-order chi connectivity index (χ0) is 19.8. The number of anilines is 1. The fourth-order valence-corrected chi connectivity index (χ4v) is 3.71. The summed E-state index contributed by atoms with van der Waals surface area (Å²) in [5, 5.41) is 11.0. The van der Waals surface area contributed by atoms with Gasteiger partial charge in [0.2, 0.25) is 5.91 Å². The molecule has 0 N–H and O–H groups in total. The summed E-state index contributed by atoms with van der Waals surface area (Å²) in [4.78, 5) is 50.5. The van der Waals surface area contributed by atoms with Crippen LogP contribution in [0.5, 0.6) is 0 Å². The first-order chi connectivity index (χ1) is 13.5. The zero-order valence-electron chi connectivity index (χ0n) is 15.0. The van der Waals surface area contributed by atoms with Crippen LogP contribution in [-0.2, 0) is 11.2 Å². The van der Waals surface area contributed by atoms with Crippen LogP contribution in [-0.4, -0.2) is 40.6 Å². The van der Waals surface area contributed by atoms with Crippen molar-refractivity contribution in [2.75, 3.05) is 18.0 Å². The highest BCUT2D eigenvalue weighted by molar-refractivity contribution is 6.21. The Kier molecular flexibility index (Phi) is 4.38. The number of rotatable bonds is 5. The van der Waals surface area contributed by atoms with Crippen molar-refractivity contribution in [3.8, 4) is 0 Å². The average Bonchev–Trinajstić information content (AvgIpc) is 3.22. The van der Waals surface area contributed by atoms with Crippen LogP contribution in [0.3, 0.4) is 0 Å². The van der Waals surface area contributed by atoms with Crippen LogP contribution in [0.4, 0.5) is 11.4 Å². The van der Waals surface area contributed by atoms with Gasteiger partial charge in [0.25, 0.3) is 17.5 Å². The van der Waals surface area contributed by atoms with Crippen LogP contribution < -0.4 is 4.90 Å². The molecule has 2 heterocycles. The van der Waals surface area contributed by atoms with E-state index in [0.717, 1.165) is 5.56 Å². The number of nitrogens with zero attached hydrogens (tertiary/aromatic N) is 3. The lowest BCUT2D eigenvalue weighted by molar-refractivity contribution is -0.384. The average molecular weight is 379 g/mol. The maximum Gasteiger partial charge on any atom is 0.271 e. The fraction of sp³-hybridized carbons (Fsp3) is 0.250. The highest BCUT2D eigenvalue weighted by Crippen LogP contribution is 2.32. The molecular formula is C20H17N3O5. The van der Waals surface area contributed by atoms with Crippen molar-refractivity contribution in [1.29, 1.82) is 0 Å². The molecule has 2 aliphatic rings. The van der Waals surface area contributed by atoms with Gasteiger partial charge in [-0.15, -0.1) is 0 Å². The van der Waals surface area contributed by atoms with Gasteiger partial charge < -0.3 is 4.90 Å². The molecule has 0 spiro atoms. The Morgan fingerprint density at radius 3 is 2.39 bits per heavy atom. The minimum atomic E-state index is -0.483. The third-order valence-electron chi connectivity index (χ3n) is 5.13. The summed E-state index contributed by atoms with van der Waals surface area (Å²) < 4.78 is 0. The summed E-state index contributed by atoms with van der Waals surface area (Å²) in [5.41, 5.74) is 2.20.